The van der Waals surface area contributed by atoms with Gasteiger partial charge in [-0.2, -0.15) is 0 Å². The predicted molar refractivity (Wildman–Crippen MR) is 190 cm³/mol. The lowest BCUT2D eigenvalue weighted by molar-refractivity contribution is -0.143. The van der Waals surface area contributed by atoms with Crippen LogP contribution < -0.4 is 14.2 Å². The van der Waals surface area contributed by atoms with Gasteiger partial charge in [0, 0.05) is 15.3 Å². The van der Waals surface area contributed by atoms with Crippen LogP contribution in [-0.2, 0) is 31.9 Å². The summed E-state index contributed by atoms with van der Waals surface area (Å²) in [6.45, 7) is 4.32. The topological polar surface area (TPSA) is 97.4 Å². The monoisotopic (exact) mass is 686 g/mol. The zero-order chi connectivity index (χ0) is 34.5. The van der Waals surface area contributed by atoms with E-state index in [1.54, 1.807) is 69.9 Å². The summed E-state index contributed by atoms with van der Waals surface area (Å²) in [6, 6.07) is 26.1. The molecule has 0 aliphatic heterocycles. The molecule has 2 aromatic heterocycles. The second-order valence-electron chi connectivity index (χ2n) is 10.2. The first-order valence-corrected chi connectivity index (χ1v) is 17.0. The van der Waals surface area contributed by atoms with Gasteiger partial charge in [0.15, 0.2) is 0 Å². The van der Waals surface area contributed by atoms with Gasteiger partial charge < -0.3 is 23.7 Å². The summed E-state index contributed by atoms with van der Waals surface area (Å²) >= 11 is 3.00. The van der Waals surface area contributed by atoms with Crippen LogP contribution in [0.1, 0.15) is 40.2 Å². The second kappa shape index (κ2) is 17.8. The minimum Gasteiger partial charge on any atom is -0.497 e. The summed E-state index contributed by atoms with van der Waals surface area (Å²) in [4.78, 5) is 39.2. The van der Waals surface area contributed by atoms with Gasteiger partial charge in [-0.15, -0.1) is 22.7 Å². The summed E-state index contributed by atoms with van der Waals surface area (Å²) in [7, 11) is 4.84. The third kappa shape index (κ3) is 9.56. The number of ketones is 1. The lowest BCUT2D eigenvalue weighted by Gasteiger charge is -2.05. The number of ether oxygens (including phenoxy) is 5. The molecule has 0 atom stereocenters. The normalized spacial score (nSPS) is 10.4. The molecule has 0 unspecified atom stereocenters. The van der Waals surface area contributed by atoms with Crippen molar-refractivity contribution in [3.05, 3.63) is 112 Å². The first-order chi connectivity index (χ1) is 23.3. The molecular formula is C38H38O8S2. The van der Waals surface area contributed by atoms with E-state index in [2.05, 4.69) is 0 Å². The van der Waals surface area contributed by atoms with Gasteiger partial charge >= 0.3 is 11.9 Å². The number of hydrogen-bond donors (Lipinski definition) is 0. The van der Waals surface area contributed by atoms with E-state index in [9.17, 15) is 14.4 Å². The lowest BCUT2D eigenvalue weighted by atomic mass is 10.0. The number of carbonyl (C=O) groups excluding carboxylic acids is 3. The fourth-order valence-corrected chi connectivity index (χ4v) is 6.83. The van der Waals surface area contributed by atoms with E-state index < -0.39 is 0 Å². The average Bonchev–Trinajstić information content (AvgIpc) is 3.75. The van der Waals surface area contributed by atoms with E-state index >= 15 is 0 Å². The van der Waals surface area contributed by atoms with Crippen LogP contribution in [0.3, 0.4) is 0 Å². The number of hydrogen-bond acceptors (Lipinski definition) is 10. The smallest absolute Gasteiger partial charge is 0.310 e. The van der Waals surface area contributed by atoms with Crippen molar-refractivity contribution < 1.29 is 38.1 Å². The zero-order valence-corrected chi connectivity index (χ0v) is 29.2. The highest BCUT2D eigenvalue weighted by Crippen LogP contribution is 2.36. The number of rotatable bonds is 13. The maximum absolute atomic E-state index is 13.0. The first-order valence-electron chi connectivity index (χ1n) is 15.3. The Kier molecular flexibility index (Phi) is 13.3. The SMILES string of the molecule is CCOC(=O)Cc1cc(C(=O)c2ccc(OC)cc2)sc1-c1ccc(OC)cc1.CCOC(=O)Cc1ccsc1-c1ccc(OC)cc1. The Labute approximate surface area is 288 Å². The first kappa shape index (κ1) is 35.9. The molecule has 3 aromatic carbocycles. The van der Waals surface area contributed by atoms with Crippen molar-refractivity contribution >= 4 is 40.4 Å². The molecule has 0 fully saturated rings. The Bertz CT molecular complexity index is 1790. The highest BCUT2D eigenvalue weighted by atomic mass is 32.1. The fraction of sp³-hybridized carbons (Fsp3) is 0.237. The molecule has 0 N–H and O–H groups in total. The molecule has 250 valence electrons. The van der Waals surface area contributed by atoms with Crippen molar-refractivity contribution in [1.82, 2.24) is 0 Å². The van der Waals surface area contributed by atoms with Gasteiger partial charge in [0.2, 0.25) is 5.78 Å². The standard InChI is InChI=1S/C23H22O5S.C15H16O3S/c1-4-28-21(24)14-17-13-20(22(25)15-5-9-18(26-2)10-6-15)29-23(17)16-7-11-19(27-3)12-8-16;1-3-18-14(16)10-12-8-9-19-15(12)11-4-6-13(17-2)7-5-11/h5-13H,4,14H2,1-3H3;4-9H,3,10H2,1-2H3. The molecule has 0 aliphatic carbocycles. The van der Waals surface area contributed by atoms with Gasteiger partial charge in [0.25, 0.3) is 0 Å². The number of esters is 2. The minimum absolute atomic E-state index is 0.0949. The van der Waals surface area contributed by atoms with Crippen LogP contribution in [0.2, 0.25) is 0 Å². The molecule has 0 saturated carbocycles. The number of methoxy groups -OCH3 is 3. The largest absolute Gasteiger partial charge is 0.497 e. The Morgan fingerprint density at radius 2 is 1.04 bits per heavy atom. The van der Waals surface area contributed by atoms with Gasteiger partial charge in [0.1, 0.15) is 17.2 Å². The quantitative estimate of drug-likeness (QED) is 0.0902. The van der Waals surface area contributed by atoms with E-state index in [0.717, 1.165) is 43.5 Å². The van der Waals surface area contributed by atoms with E-state index in [4.69, 9.17) is 23.7 Å². The Morgan fingerprint density at radius 3 is 1.52 bits per heavy atom. The second-order valence-corrected chi connectivity index (χ2v) is 12.2. The van der Waals surface area contributed by atoms with Crippen LogP contribution >= 0.6 is 22.7 Å². The van der Waals surface area contributed by atoms with Crippen LogP contribution in [0.15, 0.2) is 90.3 Å². The fourth-order valence-electron chi connectivity index (χ4n) is 4.75. The maximum Gasteiger partial charge on any atom is 0.310 e. The summed E-state index contributed by atoms with van der Waals surface area (Å²) in [6.07, 6.45) is 0.431. The van der Waals surface area contributed by atoms with Gasteiger partial charge in [-0.25, -0.2) is 0 Å². The number of thiophene rings is 2. The van der Waals surface area contributed by atoms with Crippen LogP contribution in [-0.4, -0.2) is 52.3 Å². The summed E-state index contributed by atoms with van der Waals surface area (Å²) in [5.41, 5.74) is 4.36. The zero-order valence-electron chi connectivity index (χ0n) is 27.6. The highest BCUT2D eigenvalue weighted by molar-refractivity contribution is 7.17. The minimum atomic E-state index is -0.316. The Balaban J connectivity index is 0.000000237. The highest BCUT2D eigenvalue weighted by Gasteiger charge is 2.20. The van der Waals surface area contributed by atoms with Crippen LogP contribution in [0.5, 0.6) is 17.2 Å². The van der Waals surface area contributed by atoms with E-state index in [1.165, 1.54) is 11.3 Å². The molecule has 0 saturated heterocycles. The molecule has 48 heavy (non-hydrogen) atoms. The lowest BCUT2D eigenvalue weighted by Crippen LogP contribution is -2.07. The van der Waals surface area contributed by atoms with Crippen molar-refractivity contribution in [2.45, 2.75) is 26.7 Å². The van der Waals surface area contributed by atoms with Gasteiger partial charge in [-0.1, -0.05) is 0 Å². The van der Waals surface area contributed by atoms with Crippen molar-refractivity contribution in [2.75, 3.05) is 34.5 Å². The van der Waals surface area contributed by atoms with Gasteiger partial charge in [-0.05, 0) is 126 Å². The molecule has 0 radical (unpaired) electrons. The number of benzene rings is 3. The Morgan fingerprint density at radius 1 is 0.583 bits per heavy atom. The van der Waals surface area contributed by atoms with Crippen LogP contribution in [0.4, 0.5) is 0 Å². The third-order valence-electron chi connectivity index (χ3n) is 7.12. The Hall–Kier alpha value is -4.93. The summed E-state index contributed by atoms with van der Waals surface area (Å²) in [5, 5.41) is 1.99. The molecule has 0 aliphatic rings. The predicted octanol–water partition coefficient (Wildman–Crippen LogP) is 8.30. The molecule has 0 bridgehead atoms. The van der Waals surface area contributed by atoms with Crippen molar-refractivity contribution in [2.24, 2.45) is 0 Å². The van der Waals surface area contributed by atoms with Gasteiger partial charge in [-0.3, -0.25) is 14.4 Å². The molecule has 5 rings (SSSR count). The van der Waals surface area contributed by atoms with Crippen LogP contribution in [0, 0.1) is 0 Å². The molecule has 0 amide bonds. The molecule has 8 nitrogen and oxygen atoms in total. The van der Waals surface area contributed by atoms with Crippen molar-refractivity contribution in [3.63, 3.8) is 0 Å². The molecule has 10 heteroatoms. The number of carbonyl (C=O) groups is 3. The third-order valence-corrected chi connectivity index (χ3v) is 9.35. The summed E-state index contributed by atoms with van der Waals surface area (Å²) < 4.78 is 25.6. The van der Waals surface area contributed by atoms with Crippen LogP contribution in [0.25, 0.3) is 20.9 Å². The molecule has 2 heterocycles. The summed E-state index contributed by atoms with van der Waals surface area (Å²) in [5.74, 6) is 1.66. The average molecular weight is 687 g/mol. The molecule has 5 aromatic rings. The molecular weight excluding hydrogens is 649 g/mol. The molecule has 0 spiro atoms. The van der Waals surface area contributed by atoms with E-state index in [1.807, 2.05) is 66.9 Å². The van der Waals surface area contributed by atoms with E-state index in [-0.39, 0.29) is 24.1 Å². The van der Waals surface area contributed by atoms with Gasteiger partial charge in [0.05, 0.1) is 52.3 Å². The van der Waals surface area contributed by atoms with Crippen molar-refractivity contribution in [1.29, 1.82) is 0 Å². The van der Waals surface area contributed by atoms with Crippen molar-refractivity contribution in [3.8, 4) is 38.1 Å². The van der Waals surface area contributed by atoms with E-state index in [0.29, 0.717) is 35.8 Å². The maximum atomic E-state index is 13.0.